The summed E-state index contributed by atoms with van der Waals surface area (Å²) >= 11 is 0. The van der Waals surface area contributed by atoms with Crippen molar-refractivity contribution >= 4 is 16.9 Å². The van der Waals surface area contributed by atoms with E-state index >= 15 is 0 Å². The molecule has 124 valence electrons. The minimum Gasteiger partial charge on any atom is -0.444 e. The van der Waals surface area contributed by atoms with Gasteiger partial charge >= 0.3 is 6.09 Å². The number of hydrogen-bond donors (Lipinski definition) is 0. The molecule has 1 fully saturated rings. The van der Waals surface area contributed by atoms with Crippen molar-refractivity contribution in [3.05, 3.63) is 23.9 Å². The second kappa shape index (κ2) is 7.09. The molecule has 23 heavy (non-hydrogen) atoms. The van der Waals surface area contributed by atoms with Crippen molar-refractivity contribution in [3.63, 3.8) is 0 Å². The molecular formula is C16H21N3O3S. The Morgan fingerprint density at radius 3 is 2.91 bits per heavy atom. The molecule has 0 bridgehead atoms. The Balaban J connectivity index is 2.11. The second-order valence-corrected chi connectivity index (χ2v) is 8.10. The SMILES string of the molecule is CC(C)(C)OC(=O)N1CCCC(S(=O)c2ncccc2C#N)C1. The van der Waals surface area contributed by atoms with Crippen LogP contribution >= 0.6 is 0 Å². The summed E-state index contributed by atoms with van der Waals surface area (Å²) in [6.07, 6.45) is 2.63. The molecule has 1 amide bonds. The molecule has 0 aromatic carbocycles. The van der Waals surface area contributed by atoms with Gasteiger partial charge < -0.3 is 9.64 Å². The minimum atomic E-state index is -1.42. The van der Waals surface area contributed by atoms with Gasteiger partial charge in [0.2, 0.25) is 0 Å². The Morgan fingerprint density at radius 1 is 1.52 bits per heavy atom. The summed E-state index contributed by atoms with van der Waals surface area (Å²) in [6.45, 7) is 6.39. The number of piperidine rings is 1. The first-order valence-corrected chi connectivity index (χ1v) is 8.77. The van der Waals surface area contributed by atoms with Crippen LogP contribution in [0.4, 0.5) is 4.79 Å². The molecule has 0 saturated carbocycles. The first kappa shape index (κ1) is 17.4. The summed E-state index contributed by atoms with van der Waals surface area (Å²) in [4.78, 5) is 17.9. The molecule has 1 aliphatic heterocycles. The van der Waals surface area contributed by atoms with E-state index in [9.17, 15) is 9.00 Å². The molecule has 1 aliphatic rings. The summed E-state index contributed by atoms with van der Waals surface area (Å²) in [5, 5.41) is 9.18. The van der Waals surface area contributed by atoms with Gasteiger partial charge in [0.05, 0.1) is 21.6 Å². The van der Waals surface area contributed by atoms with E-state index in [0.29, 0.717) is 23.7 Å². The Kier molecular flexibility index (Phi) is 5.37. The van der Waals surface area contributed by atoms with E-state index in [2.05, 4.69) is 4.98 Å². The molecule has 2 heterocycles. The molecule has 2 unspecified atom stereocenters. The molecule has 0 radical (unpaired) electrons. The summed E-state index contributed by atoms with van der Waals surface area (Å²) in [6, 6.07) is 5.27. The summed E-state index contributed by atoms with van der Waals surface area (Å²) in [5.41, 5.74) is -0.238. The number of hydrogen-bond acceptors (Lipinski definition) is 5. The van der Waals surface area contributed by atoms with Gasteiger partial charge in [-0.1, -0.05) is 0 Å². The maximum absolute atomic E-state index is 12.8. The predicted octanol–water partition coefficient (Wildman–Crippen LogP) is 2.46. The maximum Gasteiger partial charge on any atom is 0.410 e. The number of amides is 1. The smallest absolute Gasteiger partial charge is 0.410 e. The fourth-order valence-corrected chi connectivity index (χ4v) is 3.91. The van der Waals surface area contributed by atoms with Crippen LogP contribution < -0.4 is 0 Å². The van der Waals surface area contributed by atoms with Crippen molar-refractivity contribution in [1.82, 2.24) is 9.88 Å². The topological polar surface area (TPSA) is 83.3 Å². The van der Waals surface area contributed by atoms with E-state index in [-0.39, 0.29) is 11.3 Å². The van der Waals surface area contributed by atoms with Crippen LogP contribution in [0.5, 0.6) is 0 Å². The summed E-state index contributed by atoms with van der Waals surface area (Å²) < 4.78 is 18.1. The Hall–Kier alpha value is -1.94. The van der Waals surface area contributed by atoms with E-state index in [4.69, 9.17) is 10.00 Å². The number of aromatic nitrogens is 1. The number of pyridine rings is 1. The normalized spacial score (nSPS) is 19.7. The highest BCUT2D eigenvalue weighted by Gasteiger charge is 2.32. The molecule has 6 nitrogen and oxygen atoms in total. The van der Waals surface area contributed by atoms with Crippen LogP contribution in [0, 0.1) is 11.3 Å². The van der Waals surface area contributed by atoms with Crippen molar-refractivity contribution in [3.8, 4) is 6.07 Å². The van der Waals surface area contributed by atoms with Gasteiger partial charge in [0.15, 0.2) is 0 Å². The average Bonchev–Trinajstić information content (AvgIpc) is 2.52. The van der Waals surface area contributed by atoms with E-state index < -0.39 is 16.4 Å². The molecule has 2 atom stereocenters. The van der Waals surface area contributed by atoms with Crippen molar-refractivity contribution in [1.29, 1.82) is 5.26 Å². The lowest BCUT2D eigenvalue weighted by Gasteiger charge is -2.33. The van der Waals surface area contributed by atoms with Crippen molar-refractivity contribution < 1.29 is 13.7 Å². The number of nitriles is 1. The van der Waals surface area contributed by atoms with E-state index in [1.165, 1.54) is 6.20 Å². The third-order valence-electron chi connectivity index (χ3n) is 3.41. The monoisotopic (exact) mass is 335 g/mol. The molecule has 0 spiro atoms. The van der Waals surface area contributed by atoms with E-state index in [1.54, 1.807) is 17.0 Å². The quantitative estimate of drug-likeness (QED) is 0.829. The van der Waals surface area contributed by atoms with Gasteiger partial charge in [-0.25, -0.2) is 9.78 Å². The highest BCUT2D eigenvalue weighted by molar-refractivity contribution is 7.85. The van der Waals surface area contributed by atoms with Crippen LogP contribution in [0.25, 0.3) is 0 Å². The second-order valence-electron chi connectivity index (χ2n) is 6.46. The van der Waals surface area contributed by atoms with Gasteiger partial charge in [0, 0.05) is 19.3 Å². The molecular weight excluding hydrogens is 314 g/mol. The molecule has 1 aromatic heterocycles. The standard InChI is InChI=1S/C16H21N3O3S/c1-16(2,3)22-15(20)19-9-5-7-13(11-19)23(21)14-12(10-17)6-4-8-18-14/h4,6,8,13H,5,7,9,11H2,1-3H3. The lowest BCUT2D eigenvalue weighted by molar-refractivity contribution is 0.0219. The van der Waals surface area contributed by atoms with Crippen LogP contribution in [0.1, 0.15) is 39.2 Å². The fourth-order valence-electron chi connectivity index (χ4n) is 2.40. The lowest BCUT2D eigenvalue weighted by atomic mass is 10.1. The zero-order valence-electron chi connectivity index (χ0n) is 13.6. The molecule has 7 heteroatoms. The Labute approximate surface area is 138 Å². The molecule has 0 N–H and O–H groups in total. The van der Waals surface area contributed by atoms with Gasteiger partial charge in [-0.15, -0.1) is 0 Å². The van der Waals surface area contributed by atoms with E-state index in [1.807, 2.05) is 26.8 Å². The lowest BCUT2D eigenvalue weighted by Crippen LogP contribution is -2.46. The van der Waals surface area contributed by atoms with Gasteiger partial charge in [-0.3, -0.25) is 4.21 Å². The third kappa shape index (κ3) is 4.52. The Bertz CT molecular complexity index is 649. The largest absolute Gasteiger partial charge is 0.444 e. The predicted molar refractivity (Wildman–Crippen MR) is 86.2 cm³/mol. The maximum atomic E-state index is 12.8. The van der Waals surface area contributed by atoms with Gasteiger partial charge in [-0.2, -0.15) is 5.26 Å². The van der Waals surface area contributed by atoms with Gasteiger partial charge in [-0.05, 0) is 45.7 Å². The van der Waals surface area contributed by atoms with E-state index in [0.717, 1.165) is 12.8 Å². The molecule has 1 saturated heterocycles. The first-order valence-electron chi connectivity index (χ1n) is 7.55. The van der Waals surface area contributed by atoms with Crippen LogP contribution in [0.3, 0.4) is 0 Å². The Morgan fingerprint density at radius 2 is 2.26 bits per heavy atom. The number of carbonyl (C=O) groups is 1. The average molecular weight is 335 g/mol. The van der Waals surface area contributed by atoms with Gasteiger partial charge in [0.25, 0.3) is 0 Å². The van der Waals surface area contributed by atoms with Crippen molar-refractivity contribution in [2.75, 3.05) is 13.1 Å². The van der Waals surface area contributed by atoms with Gasteiger partial charge in [0.1, 0.15) is 16.7 Å². The number of rotatable bonds is 2. The van der Waals surface area contributed by atoms with Crippen LogP contribution in [-0.2, 0) is 15.5 Å². The van der Waals surface area contributed by atoms with Crippen molar-refractivity contribution in [2.45, 2.75) is 49.5 Å². The molecule has 2 rings (SSSR count). The van der Waals surface area contributed by atoms with Crippen molar-refractivity contribution in [2.24, 2.45) is 0 Å². The number of ether oxygens (including phenoxy) is 1. The summed E-state index contributed by atoms with van der Waals surface area (Å²) in [7, 11) is -1.42. The molecule has 0 aliphatic carbocycles. The number of likely N-dealkylation sites (tertiary alicyclic amines) is 1. The number of nitrogens with zero attached hydrogens (tertiary/aromatic N) is 3. The van der Waals surface area contributed by atoms with Crippen LogP contribution in [0.15, 0.2) is 23.4 Å². The zero-order valence-corrected chi connectivity index (χ0v) is 14.4. The minimum absolute atomic E-state index is 0.238. The fraction of sp³-hybridized carbons (Fsp3) is 0.562. The highest BCUT2D eigenvalue weighted by Crippen LogP contribution is 2.22. The highest BCUT2D eigenvalue weighted by atomic mass is 32.2. The molecule has 1 aromatic rings. The van der Waals surface area contributed by atoms with Crippen LogP contribution in [-0.4, -0.2) is 44.1 Å². The summed E-state index contributed by atoms with van der Waals surface area (Å²) in [5.74, 6) is 0. The first-order chi connectivity index (χ1) is 10.8. The number of carbonyl (C=O) groups excluding carboxylic acids is 1. The third-order valence-corrected chi connectivity index (χ3v) is 5.11. The zero-order chi connectivity index (χ0) is 17.0. The van der Waals surface area contributed by atoms with Crippen LogP contribution in [0.2, 0.25) is 0 Å².